The zero-order chi connectivity index (χ0) is 17.7. The molecule has 0 radical (unpaired) electrons. The number of H-pyrrole nitrogens is 1. The van der Waals surface area contributed by atoms with E-state index in [1.807, 2.05) is 0 Å². The molecule has 2 aromatic rings. The highest BCUT2D eigenvalue weighted by Gasteiger charge is 2.19. The molecule has 0 atom stereocenters. The lowest BCUT2D eigenvalue weighted by molar-refractivity contribution is 0.102. The number of hydrogen-bond acceptors (Lipinski definition) is 7. The van der Waals surface area contributed by atoms with Crippen LogP contribution < -0.4 is 16.6 Å². The molecule has 0 aliphatic carbocycles. The summed E-state index contributed by atoms with van der Waals surface area (Å²) in [5.41, 5.74) is 5.67. The first-order chi connectivity index (χ1) is 11.5. The third-order valence-electron chi connectivity index (χ3n) is 3.07. The van der Waals surface area contributed by atoms with Gasteiger partial charge in [0.25, 0.3) is 11.5 Å². The molecule has 1 aromatic heterocycles. The van der Waals surface area contributed by atoms with Crippen molar-refractivity contribution in [3.05, 3.63) is 57.8 Å². The van der Waals surface area contributed by atoms with Gasteiger partial charge in [-0.3, -0.25) is 14.6 Å². The third kappa shape index (κ3) is 3.63. The molecular formula is C15H15N5O3S. The summed E-state index contributed by atoms with van der Waals surface area (Å²) < 4.78 is 0. The van der Waals surface area contributed by atoms with Crippen LogP contribution in [0.15, 0.2) is 40.3 Å². The third-order valence-corrected chi connectivity index (χ3v) is 3.37. The summed E-state index contributed by atoms with van der Waals surface area (Å²) in [6, 6.07) is 6.62. The van der Waals surface area contributed by atoms with Crippen LogP contribution in [0.2, 0.25) is 0 Å². The molecule has 8 nitrogen and oxygen atoms in total. The van der Waals surface area contributed by atoms with E-state index in [9.17, 15) is 14.7 Å². The van der Waals surface area contributed by atoms with Crippen molar-refractivity contribution in [3.63, 3.8) is 0 Å². The summed E-state index contributed by atoms with van der Waals surface area (Å²) >= 11 is 3.95. The smallest absolute Gasteiger partial charge is 0.267 e. The molecule has 0 aliphatic heterocycles. The van der Waals surface area contributed by atoms with E-state index in [2.05, 4.69) is 39.6 Å². The maximum Gasteiger partial charge on any atom is 0.267 e. The van der Waals surface area contributed by atoms with E-state index in [1.54, 1.807) is 24.3 Å². The van der Waals surface area contributed by atoms with Gasteiger partial charge in [0.05, 0.1) is 5.70 Å². The van der Waals surface area contributed by atoms with Crippen molar-refractivity contribution < 1.29 is 9.90 Å². The SMILES string of the molecule is C=N/C(=C\N)c1cccc(NC(=O)c2c(O)nc(CS)[nH]c2=O)c1. The highest BCUT2D eigenvalue weighted by atomic mass is 32.1. The van der Waals surface area contributed by atoms with Crippen molar-refractivity contribution >= 4 is 36.6 Å². The molecule has 0 fully saturated rings. The van der Waals surface area contributed by atoms with Crippen LogP contribution in [-0.2, 0) is 5.75 Å². The summed E-state index contributed by atoms with van der Waals surface area (Å²) in [6.45, 7) is 3.41. The Morgan fingerprint density at radius 1 is 1.54 bits per heavy atom. The van der Waals surface area contributed by atoms with Crippen LogP contribution in [0, 0.1) is 0 Å². The van der Waals surface area contributed by atoms with E-state index in [0.29, 0.717) is 16.9 Å². The number of aliphatic imine (C=N–C) groups is 1. The van der Waals surface area contributed by atoms with Crippen LogP contribution in [0.25, 0.3) is 5.70 Å². The van der Waals surface area contributed by atoms with Crippen molar-refractivity contribution in [2.45, 2.75) is 5.75 Å². The van der Waals surface area contributed by atoms with Crippen molar-refractivity contribution in [1.82, 2.24) is 9.97 Å². The fourth-order valence-corrected chi connectivity index (χ4v) is 2.13. The molecule has 9 heteroatoms. The van der Waals surface area contributed by atoms with E-state index < -0.39 is 22.9 Å². The number of aromatic hydroxyl groups is 1. The van der Waals surface area contributed by atoms with E-state index >= 15 is 0 Å². The van der Waals surface area contributed by atoms with Crippen molar-refractivity contribution in [1.29, 1.82) is 0 Å². The molecule has 5 N–H and O–H groups in total. The first-order valence-electron chi connectivity index (χ1n) is 6.73. The van der Waals surface area contributed by atoms with Crippen molar-refractivity contribution in [2.24, 2.45) is 10.7 Å². The molecular weight excluding hydrogens is 330 g/mol. The minimum absolute atomic E-state index is 0.121. The molecule has 2 rings (SSSR count). The standard InChI is InChI=1S/C15H15N5O3S/c1-17-10(6-16)8-3-2-4-9(5-8)18-13(21)12-14(22)19-11(7-24)20-15(12)23/h2-6,24H,1,7,16H2,(H,18,21)(H2,19,20,22,23)/b10-6-. The van der Waals surface area contributed by atoms with Gasteiger partial charge in [-0.1, -0.05) is 12.1 Å². The van der Waals surface area contributed by atoms with Gasteiger partial charge in [-0.15, -0.1) is 0 Å². The van der Waals surface area contributed by atoms with Gasteiger partial charge in [0.15, 0.2) is 5.56 Å². The molecule has 0 aliphatic rings. The lowest BCUT2D eigenvalue weighted by Gasteiger charge is -2.08. The molecule has 124 valence electrons. The molecule has 1 aromatic carbocycles. The molecule has 1 amide bonds. The Balaban J connectivity index is 2.33. The number of nitrogens with zero attached hydrogens (tertiary/aromatic N) is 2. The molecule has 0 bridgehead atoms. The Morgan fingerprint density at radius 3 is 2.88 bits per heavy atom. The predicted octanol–water partition coefficient (Wildman–Crippen LogP) is 1.12. The van der Waals surface area contributed by atoms with Crippen LogP contribution in [-0.4, -0.2) is 27.7 Å². The highest BCUT2D eigenvalue weighted by Crippen LogP contribution is 2.20. The number of nitrogens with two attached hydrogens (primary N) is 1. The number of aromatic amines is 1. The summed E-state index contributed by atoms with van der Waals surface area (Å²) in [6.07, 6.45) is 1.28. The zero-order valence-corrected chi connectivity index (χ0v) is 13.4. The lowest BCUT2D eigenvalue weighted by atomic mass is 10.1. The van der Waals surface area contributed by atoms with Gasteiger partial charge >= 0.3 is 0 Å². The molecule has 1 heterocycles. The van der Waals surface area contributed by atoms with E-state index in [1.165, 1.54) is 6.20 Å². The minimum atomic E-state index is -0.797. The fraction of sp³-hybridized carbons (Fsp3) is 0.0667. The number of aromatic nitrogens is 2. The average molecular weight is 345 g/mol. The molecule has 0 unspecified atom stereocenters. The monoisotopic (exact) mass is 345 g/mol. The first kappa shape index (κ1) is 17.3. The molecule has 0 saturated carbocycles. The van der Waals surface area contributed by atoms with Crippen molar-refractivity contribution in [3.8, 4) is 5.88 Å². The quantitative estimate of drug-likeness (QED) is 0.409. The summed E-state index contributed by atoms with van der Waals surface area (Å²) in [5.74, 6) is -1.18. The summed E-state index contributed by atoms with van der Waals surface area (Å²) in [4.78, 5) is 34.0. The fourth-order valence-electron chi connectivity index (χ4n) is 1.98. The van der Waals surface area contributed by atoms with E-state index in [4.69, 9.17) is 5.73 Å². The van der Waals surface area contributed by atoms with Crippen LogP contribution in [0.4, 0.5) is 5.69 Å². The normalized spacial score (nSPS) is 11.1. The second kappa shape index (κ2) is 7.47. The van der Waals surface area contributed by atoms with Gasteiger partial charge in [0.1, 0.15) is 5.82 Å². The topological polar surface area (TPSA) is 133 Å². The van der Waals surface area contributed by atoms with Gasteiger partial charge in [0, 0.05) is 23.2 Å². The number of benzene rings is 1. The van der Waals surface area contributed by atoms with E-state index in [0.717, 1.165) is 0 Å². The number of carbonyl (C=O) groups is 1. The van der Waals surface area contributed by atoms with Gasteiger partial charge in [-0.2, -0.15) is 17.6 Å². The first-order valence-corrected chi connectivity index (χ1v) is 7.36. The Morgan fingerprint density at radius 2 is 2.29 bits per heavy atom. The Labute approximate surface area is 142 Å². The largest absolute Gasteiger partial charge is 0.493 e. The number of hydrogen-bond donors (Lipinski definition) is 5. The molecule has 0 saturated heterocycles. The predicted molar refractivity (Wildman–Crippen MR) is 95.3 cm³/mol. The van der Waals surface area contributed by atoms with Crippen molar-refractivity contribution in [2.75, 3.05) is 5.32 Å². The summed E-state index contributed by atoms with van der Waals surface area (Å²) in [7, 11) is 0. The molecule has 0 spiro atoms. The second-order valence-electron chi connectivity index (χ2n) is 4.61. The Kier molecular flexibility index (Phi) is 5.38. The van der Waals surface area contributed by atoms with Gasteiger partial charge in [-0.25, -0.2) is 0 Å². The maximum atomic E-state index is 12.3. The zero-order valence-electron chi connectivity index (χ0n) is 12.5. The highest BCUT2D eigenvalue weighted by molar-refractivity contribution is 7.79. The number of thiol groups is 1. The van der Waals surface area contributed by atoms with Crippen LogP contribution >= 0.6 is 12.6 Å². The number of carbonyl (C=O) groups excluding carboxylic acids is 1. The Hall–Kier alpha value is -3.07. The Bertz CT molecular complexity index is 876. The van der Waals surface area contributed by atoms with E-state index in [-0.39, 0.29) is 11.6 Å². The van der Waals surface area contributed by atoms with Crippen LogP contribution in [0.1, 0.15) is 21.7 Å². The van der Waals surface area contributed by atoms with Crippen LogP contribution in [0.3, 0.4) is 0 Å². The average Bonchev–Trinajstić information content (AvgIpc) is 2.55. The van der Waals surface area contributed by atoms with Gasteiger partial charge < -0.3 is 21.1 Å². The van der Waals surface area contributed by atoms with Crippen LogP contribution in [0.5, 0.6) is 5.88 Å². The number of amides is 1. The number of anilines is 1. The molecule has 24 heavy (non-hydrogen) atoms. The number of nitrogens with one attached hydrogen (secondary N) is 2. The summed E-state index contributed by atoms with van der Waals surface area (Å²) in [5, 5.41) is 12.3. The second-order valence-corrected chi connectivity index (χ2v) is 4.93. The minimum Gasteiger partial charge on any atom is -0.493 e. The lowest BCUT2D eigenvalue weighted by Crippen LogP contribution is -2.25. The number of rotatable bonds is 5. The van der Waals surface area contributed by atoms with Gasteiger partial charge in [0.2, 0.25) is 5.88 Å². The van der Waals surface area contributed by atoms with Gasteiger partial charge in [-0.05, 0) is 18.9 Å². The maximum absolute atomic E-state index is 12.3.